The van der Waals surface area contributed by atoms with E-state index in [1.54, 1.807) is 0 Å². The first-order chi connectivity index (χ1) is 15.5. The average Bonchev–Trinajstić information content (AvgIpc) is 3.22. The van der Waals surface area contributed by atoms with Crippen molar-refractivity contribution in [1.82, 2.24) is 14.9 Å². The van der Waals surface area contributed by atoms with Gasteiger partial charge in [-0.05, 0) is 17.7 Å². The number of nitrogens with two attached hydrogens (primary N) is 1. The quantitative estimate of drug-likeness (QED) is 0.612. The first kappa shape index (κ1) is 22.9. The minimum Gasteiger partial charge on any atom is -0.492 e. The van der Waals surface area contributed by atoms with Crippen molar-refractivity contribution in [3.8, 4) is 17.1 Å². The van der Waals surface area contributed by atoms with Crippen molar-refractivity contribution >= 4 is 11.9 Å². The van der Waals surface area contributed by atoms with Crippen molar-refractivity contribution in [3.63, 3.8) is 0 Å². The van der Waals surface area contributed by atoms with Gasteiger partial charge in [0.25, 0.3) is 5.97 Å². The molecule has 166 valence electrons. The summed E-state index contributed by atoms with van der Waals surface area (Å²) >= 11 is 0. The summed E-state index contributed by atoms with van der Waals surface area (Å²) in [6.45, 7) is 3.06. The van der Waals surface area contributed by atoms with Crippen LogP contribution in [-0.2, 0) is 29.1 Å². The summed E-state index contributed by atoms with van der Waals surface area (Å²) in [5.41, 5.74) is 9.30. The van der Waals surface area contributed by atoms with Gasteiger partial charge in [-0.3, -0.25) is 9.59 Å². The van der Waals surface area contributed by atoms with Gasteiger partial charge in [-0.1, -0.05) is 42.5 Å². The molecule has 0 saturated carbocycles. The molecule has 3 aromatic rings. The van der Waals surface area contributed by atoms with Gasteiger partial charge in [-0.15, -0.1) is 0 Å². The third-order valence-corrected chi connectivity index (χ3v) is 4.68. The number of rotatable bonds is 6. The number of amides is 1. The van der Waals surface area contributed by atoms with E-state index in [-0.39, 0.29) is 5.91 Å². The maximum atomic E-state index is 12.8. The van der Waals surface area contributed by atoms with Crippen LogP contribution >= 0.6 is 0 Å². The average molecular weight is 434 g/mol. The number of carboxylic acid groups (broad SMARTS) is 1. The standard InChI is InChI=1S/C22H22N4O2.C2H4O2/c23-9-10-28-19-8-4-5-16(11-19)12-21(27)26-14-18-13-24-22(25-20(18)15-26)17-6-2-1-3-7-17;1-2(3)4/h1-8,11,13H,9-10,12,14-15,23H2;1H3,(H,3,4). The van der Waals surface area contributed by atoms with Gasteiger partial charge in [0.2, 0.25) is 5.91 Å². The van der Waals surface area contributed by atoms with Gasteiger partial charge in [0, 0.05) is 37.3 Å². The Balaban J connectivity index is 0.000000668. The Bertz CT molecular complexity index is 1070. The van der Waals surface area contributed by atoms with Crippen LogP contribution in [0.1, 0.15) is 23.7 Å². The largest absolute Gasteiger partial charge is 0.492 e. The fourth-order valence-corrected chi connectivity index (χ4v) is 3.26. The molecular formula is C24H26N4O4. The van der Waals surface area contributed by atoms with E-state index in [0.29, 0.717) is 38.5 Å². The Morgan fingerprint density at radius 2 is 1.88 bits per heavy atom. The van der Waals surface area contributed by atoms with Crippen LogP contribution in [0.15, 0.2) is 60.8 Å². The zero-order valence-electron chi connectivity index (χ0n) is 17.9. The van der Waals surface area contributed by atoms with Crippen LogP contribution in [0.3, 0.4) is 0 Å². The van der Waals surface area contributed by atoms with Gasteiger partial charge in [-0.2, -0.15) is 0 Å². The van der Waals surface area contributed by atoms with Gasteiger partial charge in [0.15, 0.2) is 5.82 Å². The molecule has 8 nitrogen and oxygen atoms in total. The van der Waals surface area contributed by atoms with Crippen molar-refractivity contribution in [2.45, 2.75) is 26.4 Å². The monoisotopic (exact) mass is 434 g/mol. The summed E-state index contributed by atoms with van der Waals surface area (Å²) in [6.07, 6.45) is 2.16. The van der Waals surface area contributed by atoms with Crippen LogP contribution in [0, 0.1) is 0 Å². The first-order valence-electron chi connectivity index (χ1n) is 10.3. The molecule has 0 bridgehead atoms. The normalized spacial score (nSPS) is 11.9. The topological polar surface area (TPSA) is 119 Å². The number of benzene rings is 2. The molecule has 2 aromatic carbocycles. The molecule has 32 heavy (non-hydrogen) atoms. The molecule has 0 saturated heterocycles. The number of hydrogen-bond acceptors (Lipinski definition) is 6. The molecule has 1 amide bonds. The predicted octanol–water partition coefficient (Wildman–Crippen LogP) is 2.66. The zero-order valence-corrected chi connectivity index (χ0v) is 17.9. The number of nitrogens with zero attached hydrogens (tertiary/aromatic N) is 3. The summed E-state index contributed by atoms with van der Waals surface area (Å²) in [4.78, 5) is 32.7. The van der Waals surface area contributed by atoms with Gasteiger partial charge >= 0.3 is 0 Å². The maximum absolute atomic E-state index is 12.8. The van der Waals surface area contributed by atoms with Gasteiger partial charge in [-0.25, -0.2) is 9.97 Å². The summed E-state index contributed by atoms with van der Waals surface area (Å²) in [5, 5.41) is 7.42. The van der Waals surface area contributed by atoms with Crippen LogP contribution in [0.25, 0.3) is 11.4 Å². The van der Waals surface area contributed by atoms with Gasteiger partial charge < -0.3 is 20.5 Å². The Hall–Kier alpha value is -3.78. The molecule has 0 spiro atoms. The smallest absolute Gasteiger partial charge is 0.300 e. The molecule has 0 unspecified atom stereocenters. The van der Waals surface area contributed by atoms with Crippen LogP contribution in [0.2, 0.25) is 0 Å². The second kappa shape index (κ2) is 11.0. The van der Waals surface area contributed by atoms with E-state index >= 15 is 0 Å². The lowest BCUT2D eigenvalue weighted by molar-refractivity contribution is -0.134. The molecule has 2 heterocycles. The van der Waals surface area contributed by atoms with E-state index < -0.39 is 5.97 Å². The fourth-order valence-electron chi connectivity index (χ4n) is 3.26. The SMILES string of the molecule is CC(=O)O.NCCOc1cccc(CC(=O)N2Cc3cnc(-c4ccccc4)nc3C2)c1. The predicted molar refractivity (Wildman–Crippen MR) is 120 cm³/mol. The third kappa shape index (κ3) is 6.36. The van der Waals surface area contributed by atoms with Crippen LogP contribution < -0.4 is 10.5 Å². The number of aromatic nitrogens is 2. The number of ether oxygens (including phenoxy) is 1. The number of carboxylic acids is 1. The number of hydrogen-bond donors (Lipinski definition) is 2. The highest BCUT2D eigenvalue weighted by molar-refractivity contribution is 5.79. The van der Waals surface area contributed by atoms with E-state index in [1.165, 1.54) is 0 Å². The van der Waals surface area contributed by atoms with Crippen LogP contribution in [-0.4, -0.2) is 45.0 Å². The lowest BCUT2D eigenvalue weighted by Gasteiger charge is -2.15. The molecule has 3 N–H and O–H groups in total. The number of fused-ring (bicyclic) bond motifs is 1. The summed E-state index contributed by atoms with van der Waals surface area (Å²) in [5.74, 6) is 0.660. The molecule has 0 fully saturated rings. The molecule has 0 radical (unpaired) electrons. The van der Waals surface area contributed by atoms with Gasteiger partial charge in [0.1, 0.15) is 12.4 Å². The highest BCUT2D eigenvalue weighted by atomic mass is 16.5. The van der Waals surface area contributed by atoms with Crippen LogP contribution in [0.5, 0.6) is 5.75 Å². The molecule has 1 aliphatic heterocycles. The lowest BCUT2D eigenvalue weighted by atomic mass is 10.1. The molecule has 0 atom stereocenters. The third-order valence-electron chi connectivity index (χ3n) is 4.68. The summed E-state index contributed by atoms with van der Waals surface area (Å²) in [6, 6.07) is 17.5. The number of aliphatic carboxylic acids is 1. The number of carbonyl (C=O) groups excluding carboxylic acids is 1. The van der Waals surface area contributed by atoms with Crippen molar-refractivity contribution in [2.75, 3.05) is 13.2 Å². The maximum Gasteiger partial charge on any atom is 0.300 e. The molecule has 1 aromatic heterocycles. The minimum absolute atomic E-state index is 0.0650. The van der Waals surface area contributed by atoms with E-state index in [1.807, 2.05) is 65.7 Å². The zero-order chi connectivity index (χ0) is 22.9. The molecule has 0 aliphatic carbocycles. The Kier molecular flexibility index (Phi) is 7.88. The van der Waals surface area contributed by atoms with Crippen molar-refractivity contribution < 1.29 is 19.4 Å². The van der Waals surface area contributed by atoms with Crippen molar-refractivity contribution in [3.05, 3.63) is 77.6 Å². The van der Waals surface area contributed by atoms with E-state index in [4.69, 9.17) is 20.4 Å². The summed E-state index contributed by atoms with van der Waals surface area (Å²) in [7, 11) is 0. The number of carbonyl (C=O) groups is 2. The Morgan fingerprint density at radius 3 is 2.59 bits per heavy atom. The van der Waals surface area contributed by atoms with E-state index in [0.717, 1.165) is 35.1 Å². The molecule has 8 heteroatoms. The summed E-state index contributed by atoms with van der Waals surface area (Å²) < 4.78 is 5.54. The van der Waals surface area contributed by atoms with Crippen molar-refractivity contribution in [1.29, 1.82) is 0 Å². The second-order valence-corrected chi connectivity index (χ2v) is 7.26. The first-order valence-corrected chi connectivity index (χ1v) is 10.3. The van der Waals surface area contributed by atoms with Crippen LogP contribution in [0.4, 0.5) is 0 Å². The molecule has 4 rings (SSSR count). The molecule has 1 aliphatic rings. The van der Waals surface area contributed by atoms with Crippen molar-refractivity contribution in [2.24, 2.45) is 5.73 Å². The lowest BCUT2D eigenvalue weighted by Crippen LogP contribution is -2.27. The second-order valence-electron chi connectivity index (χ2n) is 7.26. The minimum atomic E-state index is -0.833. The molecular weight excluding hydrogens is 408 g/mol. The van der Waals surface area contributed by atoms with Gasteiger partial charge in [0.05, 0.1) is 18.7 Å². The Morgan fingerprint density at radius 1 is 1.12 bits per heavy atom. The fraction of sp³-hybridized carbons (Fsp3) is 0.250. The van der Waals surface area contributed by atoms with E-state index in [2.05, 4.69) is 9.97 Å². The highest BCUT2D eigenvalue weighted by Gasteiger charge is 2.25. The van der Waals surface area contributed by atoms with E-state index in [9.17, 15) is 4.79 Å². The Labute approximate surface area is 186 Å². The highest BCUT2D eigenvalue weighted by Crippen LogP contribution is 2.24.